The molecule has 2 heterocycles. The lowest BCUT2D eigenvalue weighted by atomic mass is 10.3. The van der Waals surface area contributed by atoms with Crippen molar-refractivity contribution >= 4 is 11.6 Å². The lowest BCUT2D eigenvalue weighted by Crippen LogP contribution is -2.14. The fourth-order valence-electron chi connectivity index (χ4n) is 1.41. The summed E-state index contributed by atoms with van der Waals surface area (Å²) in [7, 11) is 0. The average Bonchev–Trinajstić information content (AvgIpc) is 2.49. The van der Waals surface area contributed by atoms with Gasteiger partial charge in [0, 0.05) is 12.3 Å². The van der Waals surface area contributed by atoms with E-state index < -0.39 is 5.97 Å². The van der Waals surface area contributed by atoms with Gasteiger partial charge in [-0.15, -0.1) is 0 Å². The Bertz CT molecular complexity index is 538. The van der Waals surface area contributed by atoms with Crippen molar-refractivity contribution in [3.63, 3.8) is 0 Å². The Morgan fingerprint density at radius 1 is 1.50 bits per heavy atom. The number of carboxylic acids is 1. The molecule has 0 bridgehead atoms. The van der Waals surface area contributed by atoms with Gasteiger partial charge in [-0.1, -0.05) is 6.07 Å². The van der Waals surface area contributed by atoms with Crippen LogP contribution in [0.3, 0.4) is 0 Å². The Morgan fingerprint density at radius 2 is 2.29 bits per heavy atom. The molecule has 0 amide bonds. The molecule has 0 aromatic carbocycles. The van der Waals surface area contributed by atoms with Crippen LogP contribution in [-0.4, -0.2) is 20.5 Å². The Labute approximate surface area is 78.6 Å². The topological polar surface area (TPSA) is 74.6 Å². The van der Waals surface area contributed by atoms with Crippen LogP contribution in [0.1, 0.15) is 5.69 Å². The van der Waals surface area contributed by atoms with E-state index in [1.807, 2.05) is 0 Å². The molecule has 0 radical (unpaired) electrons. The molecule has 2 aromatic heterocycles. The normalized spacial score (nSPS) is 10.6. The Morgan fingerprint density at radius 3 is 3.00 bits per heavy atom. The highest BCUT2D eigenvalue weighted by molar-refractivity contribution is 5.70. The third-order valence-corrected chi connectivity index (χ3v) is 1.96. The molecule has 14 heavy (non-hydrogen) atoms. The molecular weight excluding hydrogens is 184 g/mol. The Balaban J connectivity index is 2.67. The van der Waals surface area contributed by atoms with Gasteiger partial charge in [0.05, 0.1) is 12.1 Å². The maximum atomic E-state index is 11.4. The van der Waals surface area contributed by atoms with E-state index in [1.165, 1.54) is 16.7 Å². The van der Waals surface area contributed by atoms with Crippen LogP contribution in [0.15, 0.2) is 29.2 Å². The molecule has 2 rings (SSSR count). The molecule has 5 nitrogen and oxygen atoms in total. The van der Waals surface area contributed by atoms with E-state index in [-0.39, 0.29) is 12.0 Å². The number of aliphatic carboxylic acids is 1. The van der Waals surface area contributed by atoms with Crippen LogP contribution in [0.25, 0.3) is 5.65 Å². The molecule has 2 N–H and O–H groups in total. The van der Waals surface area contributed by atoms with E-state index in [4.69, 9.17) is 5.11 Å². The molecule has 5 heteroatoms. The number of H-pyrrole nitrogens is 1. The molecule has 0 aliphatic heterocycles. The molecule has 0 atom stereocenters. The standard InChI is InChI=1S/C9H8N2O3/c12-8-3-1-2-7-10-5-6(11(7)8)4-9(13)14/h1-3,5,10H,4H2,(H,13,14). The predicted molar refractivity (Wildman–Crippen MR) is 49.4 cm³/mol. The van der Waals surface area contributed by atoms with Crippen LogP contribution >= 0.6 is 0 Å². The first-order chi connectivity index (χ1) is 6.68. The summed E-state index contributed by atoms with van der Waals surface area (Å²) in [6, 6.07) is 4.73. The van der Waals surface area contributed by atoms with Crippen molar-refractivity contribution in [2.24, 2.45) is 0 Å². The van der Waals surface area contributed by atoms with Crippen LogP contribution in [0.4, 0.5) is 0 Å². The number of carboxylic acid groups (broad SMARTS) is 1. The number of hydrogen-bond acceptors (Lipinski definition) is 2. The molecule has 72 valence electrons. The summed E-state index contributed by atoms with van der Waals surface area (Å²) in [6.45, 7) is 0. The van der Waals surface area contributed by atoms with Crippen LogP contribution in [0.2, 0.25) is 0 Å². The number of nitrogens with one attached hydrogen (secondary N) is 1. The minimum absolute atomic E-state index is 0.163. The zero-order chi connectivity index (χ0) is 10.1. The van der Waals surface area contributed by atoms with Gasteiger partial charge in [-0.05, 0) is 6.07 Å². The maximum Gasteiger partial charge on any atom is 0.309 e. The van der Waals surface area contributed by atoms with E-state index in [1.54, 1.807) is 12.1 Å². The highest BCUT2D eigenvalue weighted by Crippen LogP contribution is 2.03. The van der Waals surface area contributed by atoms with Gasteiger partial charge in [-0.25, -0.2) is 0 Å². The van der Waals surface area contributed by atoms with Crippen molar-refractivity contribution in [3.8, 4) is 0 Å². The number of aromatic nitrogens is 2. The highest BCUT2D eigenvalue weighted by Gasteiger charge is 2.07. The van der Waals surface area contributed by atoms with Gasteiger partial charge in [-0.3, -0.25) is 14.0 Å². The van der Waals surface area contributed by atoms with Gasteiger partial charge in [0.15, 0.2) is 0 Å². The monoisotopic (exact) mass is 192 g/mol. The summed E-state index contributed by atoms with van der Waals surface area (Å²) in [5, 5.41) is 8.61. The molecule has 0 aliphatic rings. The van der Waals surface area contributed by atoms with Crippen molar-refractivity contribution in [1.82, 2.24) is 9.38 Å². The molecular formula is C9H8N2O3. The smallest absolute Gasteiger partial charge is 0.309 e. The van der Waals surface area contributed by atoms with Crippen LogP contribution in [0.5, 0.6) is 0 Å². The van der Waals surface area contributed by atoms with Crippen molar-refractivity contribution in [2.75, 3.05) is 0 Å². The number of rotatable bonds is 2. The summed E-state index contributed by atoms with van der Waals surface area (Å²) < 4.78 is 1.36. The SMILES string of the molecule is O=C(O)Cc1c[nH]c2cccc(=O)n12. The summed E-state index contributed by atoms with van der Waals surface area (Å²) in [5.74, 6) is -0.957. The van der Waals surface area contributed by atoms with Gasteiger partial charge in [-0.2, -0.15) is 0 Å². The Kier molecular flexibility index (Phi) is 1.85. The van der Waals surface area contributed by atoms with Crippen LogP contribution in [0, 0.1) is 0 Å². The van der Waals surface area contributed by atoms with E-state index >= 15 is 0 Å². The summed E-state index contributed by atoms with van der Waals surface area (Å²) in [6.07, 6.45) is 1.37. The fourth-order valence-corrected chi connectivity index (χ4v) is 1.41. The zero-order valence-electron chi connectivity index (χ0n) is 7.23. The lowest BCUT2D eigenvalue weighted by molar-refractivity contribution is -0.136. The first-order valence-corrected chi connectivity index (χ1v) is 4.08. The number of aromatic amines is 1. The molecule has 0 saturated carbocycles. The molecule has 0 aliphatic carbocycles. The number of carbonyl (C=O) groups is 1. The number of hydrogen-bond donors (Lipinski definition) is 2. The second kappa shape index (κ2) is 3.02. The molecule has 2 aromatic rings. The summed E-state index contributed by atoms with van der Waals surface area (Å²) in [5.41, 5.74) is 0.840. The van der Waals surface area contributed by atoms with Crippen LogP contribution in [-0.2, 0) is 11.2 Å². The highest BCUT2D eigenvalue weighted by atomic mass is 16.4. The van der Waals surface area contributed by atoms with Gasteiger partial charge in [0.25, 0.3) is 5.56 Å². The van der Waals surface area contributed by atoms with Gasteiger partial charge in [0.1, 0.15) is 5.65 Å². The number of fused-ring (bicyclic) bond motifs is 1. The molecule has 0 unspecified atom stereocenters. The molecule has 0 fully saturated rings. The molecule has 0 spiro atoms. The lowest BCUT2D eigenvalue weighted by Gasteiger charge is -1.95. The number of nitrogens with zero attached hydrogens (tertiary/aromatic N) is 1. The van der Waals surface area contributed by atoms with Gasteiger partial charge >= 0.3 is 5.97 Å². The fraction of sp³-hybridized carbons (Fsp3) is 0.111. The van der Waals surface area contributed by atoms with Crippen molar-refractivity contribution < 1.29 is 9.90 Å². The Hall–Kier alpha value is -2.04. The second-order valence-electron chi connectivity index (χ2n) is 2.94. The average molecular weight is 192 g/mol. The van der Waals surface area contributed by atoms with E-state index in [9.17, 15) is 9.59 Å². The largest absolute Gasteiger partial charge is 0.481 e. The molecule has 0 saturated heterocycles. The predicted octanol–water partition coefficient (Wildman–Crippen LogP) is 0.255. The number of pyridine rings is 1. The van der Waals surface area contributed by atoms with Crippen molar-refractivity contribution in [1.29, 1.82) is 0 Å². The maximum absolute atomic E-state index is 11.4. The summed E-state index contributed by atoms with van der Waals surface area (Å²) >= 11 is 0. The van der Waals surface area contributed by atoms with Gasteiger partial charge in [0.2, 0.25) is 0 Å². The zero-order valence-corrected chi connectivity index (χ0v) is 7.23. The van der Waals surface area contributed by atoms with Crippen molar-refractivity contribution in [3.05, 3.63) is 40.4 Å². The minimum atomic E-state index is -0.957. The second-order valence-corrected chi connectivity index (χ2v) is 2.94. The van der Waals surface area contributed by atoms with Crippen LogP contribution < -0.4 is 5.56 Å². The van der Waals surface area contributed by atoms with E-state index in [2.05, 4.69) is 4.98 Å². The minimum Gasteiger partial charge on any atom is -0.481 e. The first-order valence-electron chi connectivity index (χ1n) is 4.08. The van der Waals surface area contributed by atoms with E-state index in [0.717, 1.165) is 0 Å². The first kappa shape index (κ1) is 8.55. The van der Waals surface area contributed by atoms with Crippen molar-refractivity contribution in [2.45, 2.75) is 6.42 Å². The summed E-state index contributed by atoms with van der Waals surface area (Å²) in [4.78, 5) is 24.7. The number of imidazole rings is 1. The third-order valence-electron chi connectivity index (χ3n) is 1.96. The third kappa shape index (κ3) is 1.28. The van der Waals surface area contributed by atoms with Gasteiger partial charge < -0.3 is 10.1 Å². The quantitative estimate of drug-likeness (QED) is 0.716. The van der Waals surface area contributed by atoms with E-state index in [0.29, 0.717) is 11.3 Å².